The first kappa shape index (κ1) is 14.8. The molecule has 0 saturated carbocycles. The Bertz CT molecular complexity index is 623. The van der Waals surface area contributed by atoms with Crippen molar-refractivity contribution in [3.63, 3.8) is 0 Å². The summed E-state index contributed by atoms with van der Waals surface area (Å²) in [5, 5.41) is 10.1. The molecule has 0 N–H and O–H groups in total. The highest BCUT2D eigenvalue weighted by atomic mass is 35.5. The fraction of sp³-hybridized carbons (Fsp3) is 0.200. The van der Waals surface area contributed by atoms with Gasteiger partial charge in [-0.3, -0.25) is 9.88 Å². The fourth-order valence-corrected chi connectivity index (χ4v) is 2.65. The Balaban J connectivity index is 2.49. The van der Waals surface area contributed by atoms with E-state index in [9.17, 15) is 0 Å². The molecule has 1 aromatic heterocycles. The number of nitrogens with zero attached hydrogens (tertiary/aromatic N) is 3. The number of nitriles is 1. The topological polar surface area (TPSA) is 39.9 Å². The summed E-state index contributed by atoms with van der Waals surface area (Å²) in [7, 11) is 1.88. The van der Waals surface area contributed by atoms with Gasteiger partial charge in [0.05, 0.1) is 18.7 Å². The third kappa shape index (κ3) is 3.29. The van der Waals surface area contributed by atoms with E-state index in [1.54, 1.807) is 24.5 Å². The second-order valence-corrected chi connectivity index (χ2v) is 5.27. The van der Waals surface area contributed by atoms with Crippen LogP contribution in [-0.2, 0) is 0 Å². The molecule has 0 fully saturated rings. The molecule has 3 nitrogen and oxygen atoms in total. The summed E-state index contributed by atoms with van der Waals surface area (Å²) in [6.45, 7) is 0.290. The first-order valence-corrected chi connectivity index (χ1v) is 6.81. The van der Waals surface area contributed by atoms with E-state index in [0.717, 1.165) is 11.1 Å². The van der Waals surface area contributed by atoms with Crippen molar-refractivity contribution < 1.29 is 0 Å². The lowest BCUT2D eigenvalue weighted by molar-refractivity contribution is 0.312. The maximum absolute atomic E-state index is 8.93. The number of hydrogen-bond donors (Lipinski definition) is 0. The maximum Gasteiger partial charge on any atom is 0.0871 e. The molecule has 0 radical (unpaired) electrons. The minimum Gasteiger partial charge on any atom is -0.282 e. The standard InChI is InChI=1S/C15H13Cl2N3/c1-20(8-6-18)15(11-3-2-7-19-10-11)13-5-4-12(16)9-14(13)17/h2-5,7,9-10,15H,8H2,1H3/t15-/m0/s1. The zero-order valence-corrected chi connectivity index (χ0v) is 12.4. The highest BCUT2D eigenvalue weighted by molar-refractivity contribution is 6.35. The number of rotatable bonds is 4. The van der Waals surface area contributed by atoms with Crippen LogP contribution in [-0.4, -0.2) is 23.5 Å². The Labute approximate surface area is 128 Å². The largest absolute Gasteiger partial charge is 0.282 e. The summed E-state index contributed by atoms with van der Waals surface area (Å²) < 4.78 is 0. The molecule has 0 aliphatic carbocycles. The third-order valence-electron chi connectivity index (χ3n) is 3.02. The van der Waals surface area contributed by atoms with Crippen molar-refractivity contribution in [2.45, 2.75) is 6.04 Å². The second-order valence-electron chi connectivity index (χ2n) is 4.43. The van der Waals surface area contributed by atoms with Crippen molar-refractivity contribution in [2.24, 2.45) is 0 Å². The van der Waals surface area contributed by atoms with Crippen molar-refractivity contribution >= 4 is 23.2 Å². The number of hydrogen-bond acceptors (Lipinski definition) is 3. The predicted molar refractivity (Wildman–Crippen MR) is 80.8 cm³/mol. The van der Waals surface area contributed by atoms with Crippen LogP contribution < -0.4 is 0 Å². The Hall–Kier alpha value is -1.60. The first-order valence-electron chi connectivity index (χ1n) is 6.05. The lowest BCUT2D eigenvalue weighted by atomic mass is 9.99. The minimum absolute atomic E-state index is 0.131. The Morgan fingerprint density at radius 3 is 2.75 bits per heavy atom. The Kier molecular flexibility index (Phi) is 4.97. The van der Waals surface area contributed by atoms with Crippen LogP contribution in [0.15, 0.2) is 42.7 Å². The van der Waals surface area contributed by atoms with Crippen molar-refractivity contribution in [3.05, 3.63) is 63.9 Å². The van der Waals surface area contributed by atoms with Crippen LogP contribution in [0.1, 0.15) is 17.2 Å². The van der Waals surface area contributed by atoms with Gasteiger partial charge in [-0.05, 0) is 36.4 Å². The molecule has 0 bridgehead atoms. The molecule has 1 atom stereocenters. The summed E-state index contributed by atoms with van der Waals surface area (Å²) in [6, 6.07) is 11.3. The SMILES string of the molecule is CN(CC#N)[C@@H](c1cccnc1)c1ccc(Cl)cc1Cl. The van der Waals surface area contributed by atoms with Crippen LogP contribution in [0.4, 0.5) is 0 Å². The van der Waals surface area contributed by atoms with Crippen LogP contribution in [0, 0.1) is 11.3 Å². The fourth-order valence-electron chi connectivity index (χ4n) is 2.14. The zero-order chi connectivity index (χ0) is 14.5. The van der Waals surface area contributed by atoms with Gasteiger partial charge in [0.2, 0.25) is 0 Å². The van der Waals surface area contributed by atoms with Crippen LogP contribution in [0.2, 0.25) is 10.0 Å². The summed E-state index contributed by atoms with van der Waals surface area (Å²) in [5.74, 6) is 0. The molecule has 20 heavy (non-hydrogen) atoms. The zero-order valence-electron chi connectivity index (χ0n) is 10.9. The monoisotopic (exact) mass is 305 g/mol. The van der Waals surface area contributed by atoms with Gasteiger partial charge in [0, 0.05) is 22.4 Å². The molecule has 1 aromatic carbocycles. The molecule has 2 rings (SSSR count). The average molecular weight is 306 g/mol. The molecule has 0 aliphatic heterocycles. The average Bonchev–Trinajstić information content (AvgIpc) is 2.43. The molecule has 102 valence electrons. The lowest BCUT2D eigenvalue weighted by Gasteiger charge is -2.27. The number of pyridine rings is 1. The van der Waals surface area contributed by atoms with E-state index in [1.807, 2.05) is 30.1 Å². The van der Waals surface area contributed by atoms with Crippen molar-refractivity contribution in [1.82, 2.24) is 9.88 Å². The summed E-state index contributed by atoms with van der Waals surface area (Å²) in [4.78, 5) is 6.06. The van der Waals surface area contributed by atoms with Crippen molar-refractivity contribution in [2.75, 3.05) is 13.6 Å². The van der Waals surface area contributed by atoms with Crippen LogP contribution >= 0.6 is 23.2 Å². The quantitative estimate of drug-likeness (QED) is 0.803. The number of benzene rings is 1. The Morgan fingerprint density at radius 2 is 2.15 bits per heavy atom. The first-order chi connectivity index (χ1) is 9.63. The van der Waals surface area contributed by atoms with Gasteiger partial charge in [0.1, 0.15) is 0 Å². The molecular formula is C15H13Cl2N3. The van der Waals surface area contributed by atoms with E-state index in [-0.39, 0.29) is 6.04 Å². The van der Waals surface area contributed by atoms with Gasteiger partial charge in [-0.2, -0.15) is 5.26 Å². The number of halogens is 2. The van der Waals surface area contributed by atoms with Gasteiger partial charge in [-0.15, -0.1) is 0 Å². The van der Waals surface area contributed by atoms with E-state index in [2.05, 4.69) is 11.1 Å². The molecule has 0 aliphatic rings. The second kappa shape index (κ2) is 6.71. The molecule has 0 unspecified atom stereocenters. The van der Waals surface area contributed by atoms with Gasteiger partial charge in [0.15, 0.2) is 0 Å². The molecular weight excluding hydrogens is 293 g/mol. The molecule has 2 aromatic rings. The smallest absolute Gasteiger partial charge is 0.0871 e. The Morgan fingerprint density at radius 1 is 1.35 bits per heavy atom. The van der Waals surface area contributed by atoms with E-state index >= 15 is 0 Å². The summed E-state index contributed by atoms with van der Waals surface area (Å²) in [5.41, 5.74) is 1.89. The number of aromatic nitrogens is 1. The van der Waals surface area contributed by atoms with Crippen LogP contribution in [0.5, 0.6) is 0 Å². The van der Waals surface area contributed by atoms with E-state index in [4.69, 9.17) is 28.5 Å². The van der Waals surface area contributed by atoms with Gasteiger partial charge >= 0.3 is 0 Å². The van der Waals surface area contributed by atoms with Gasteiger partial charge in [-0.1, -0.05) is 35.3 Å². The molecule has 5 heteroatoms. The molecule has 1 heterocycles. The maximum atomic E-state index is 8.93. The molecule has 0 spiro atoms. The molecule has 0 saturated heterocycles. The van der Waals surface area contributed by atoms with Gasteiger partial charge < -0.3 is 0 Å². The summed E-state index contributed by atoms with van der Waals surface area (Å²) in [6.07, 6.45) is 3.50. The highest BCUT2D eigenvalue weighted by Crippen LogP contribution is 2.33. The normalized spacial score (nSPS) is 12.2. The third-order valence-corrected chi connectivity index (χ3v) is 3.58. The van der Waals surface area contributed by atoms with Crippen molar-refractivity contribution in [1.29, 1.82) is 5.26 Å². The van der Waals surface area contributed by atoms with Gasteiger partial charge in [0.25, 0.3) is 0 Å². The summed E-state index contributed by atoms with van der Waals surface area (Å²) >= 11 is 12.2. The lowest BCUT2D eigenvalue weighted by Crippen LogP contribution is -2.26. The predicted octanol–water partition coefficient (Wildman–Crippen LogP) is 3.93. The highest BCUT2D eigenvalue weighted by Gasteiger charge is 2.21. The van der Waals surface area contributed by atoms with Crippen LogP contribution in [0.25, 0.3) is 0 Å². The van der Waals surface area contributed by atoms with E-state index in [0.29, 0.717) is 16.6 Å². The molecule has 0 amide bonds. The van der Waals surface area contributed by atoms with E-state index < -0.39 is 0 Å². The van der Waals surface area contributed by atoms with Gasteiger partial charge in [-0.25, -0.2) is 0 Å². The minimum atomic E-state index is -0.131. The van der Waals surface area contributed by atoms with E-state index in [1.165, 1.54) is 0 Å². The van der Waals surface area contributed by atoms with Crippen LogP contribution in [0.3, 0.4) is 0 Å². The van der Waals surface area contributed by atoms with Crippen molar-refractivity contribution in [3.8, 4) is 6.07 Å².